The number of rotatable bonds is 2. The third-order valence-corrected chi connectivity index (χ3v) is 2.94. The Balaban J connectivity index is 2.26. The van der Waals surface area contributed by atoms with Crippen molar-refractivity contribution in [1.82, 2.24) is 9.88 Å². The maximum atomic E-state index is 11.5. The molecule has 0 aromatic carbocycles. The lowest BCUT2D eigenvalue weighted by atomic mass is 10.0. The predicted molar refractivity (Wildman–Crippen MR) is 58.9 cm³/mol. The number of carbonyl (C=O) groups excluding carboxylic acids is 1. The van der Waals surface area contributed by atoms with Gasteiger partial charge in [-0.05, 0) is 11.6 Å². The predicted octanol–water partition coefficient (Wildman–Crippen LogP) is 0.321. The number of hydrogen-bond acceptors (Lipinski definition) is 4. The normalized spacial score (nSPS) is 24.9. The van der Waals surface area contributed by atoms with Crippen molar-refractivity contribution < 1.29 is 9.53 Å². The minimum Gasteiger partial charge on any atom is -0.481 e. The lowest BCUT2D eigenvalue weighted by Gasteiger charge is -2.22. The first-order valence-corrected chi connectivity index (χ1v) is 5.14. The average molecular weight is 221 g/mol. The number of nitrogens with zero attached hydrogens (tertiary/aromatic N) is 2. The highest BCUT2D eigenvalue weighted by molar-refractivity contribution is 5.80. The van der Waals surface area contributed by atoms with E-state index in [1.165, 1.54) is 0 Å². The molecule has 1 fully saturated rings. The molecule has 0 saturated carbocycles. The third kappa shape index (κ3) is 1.74. The van der Waals surface area contributed by atoms with E-state index in [-0.39, 0.29) is 18.0 Å². The summed E-state index contributed by atoms with van der Waals surface area (Å²) in [7, 11) is 3.34. The SMILES string of the molecule is COc1ccc(C2C(N)CC(=O)N2C)cn1. The molecule has 1 aromatic rings. The van der Waals surface area contributed by atoms with Gasteiger partial charge < -0.3 is 15.4 Å². The van der Waals surface area contributed by atoms with Crippen molar-refractivity contribution in [1.29, 1.82) is 0 Å². The van der Waals surface area contributed by atoms with Gasteiger partial charge in [0.05, 0.1) is 13.2 Å². The quantitative estimate of drug-likeness (QED) is 0.781. The molecule has 0 spiro atoms. The zero-order valence-corrected chi connectivity index (χ0v) is 9.38. The number of likely N-dealkylation sites (N-methyl/N-ethyl adjacent to an activating group) is 1. The fraction of sp³-hybridized carbons (Fsp3) is 0.455. The van der Waals surface area contributed by atoms with Gasteiger partial charge in [-0.15, -0.1) is 0 Å². The zero-order chi connectivity index (χ0) is 11.7. The van der Waals surface area contributed by atoms with Crippen LogP contribution in [0.2, 0.25) is 0 Å². The summed E-state index contributed by atoms with van der Waals surface area (Å²) in [5.74, 6) is 0.637. The number of nitrogens with two attached hydrogens (primary N) is 1. The first-order chi connectivity index (χ1) is 7.63. The fourth-order valence-corrected chi connectivity index (χ4v) is 2.06. The highest BCUT2D eigenvalue weighted by Gasteiger charge is 2.36. The van der Waals surface area contributed by atoms with E-state index >= 15 is 0 Å². The molecule has 1 aliphatic rings. The summed E-state index contributed by atoms with van der Waals surface area (Å²) >= 11 is 0. The van der Waals surface area contributed by atoms with E-state index in [4.69, 9.17) is 10.5 Å². The highest BCUT2D eigenvalue weighted by Crippen LogP contribution is 2.30. The molecule has 2 rings (SSSR count). The summed E-state index contributed by atoms with van der Waals surface area (Å²) in [5, 5.41) is 0. The molecular weight excluding hydrogens is 206 g/mol. The van der Waals surface area contributed by atoms with Crippen molar-refractivity contribution in [3.63, 3.8) is 0 Å². The van der Waals surface area contributed by atoms with Crippen molar-refractivity contribution in [2.75, 3.05) is 14.2 Å². The molecule has 1 aromatic heterocycles. The number of amides is 1. The Hall–Kier alpha value is -1.62. The van der Waals surface area contributed by atoms with Crippen LogP contribution in [0.15, 0.2) is 18.3 Å². The minimum absolute atomic E-state index is 0.0771. The van der Waals surface area contributed by atoms with E-state index in [2.05, 4.69) is 4.98 Å². The Morgan fingerprint density at radius 1 is 1.56 bits per heavy atom. The lowest BCUT2D eigenvalue weighted by molar-refractivity contribution is -0.127. The van der Waals surface area contributed by atoms with Crippen LogP contribution in [0.4, 0.5) is 0 Å². The summed E-state index contributed by atoms with van der Waals surface area (Å²) in [5.41, 5.74) is 6.89. The van der Waals surface area contributed by atoms with Crippen molar-refractivity contribution in [2.24, 2.45) is 5.73 Å². The van der Waals surface area contributed by atoms with Gasteiger partial charge in [0.25, 0.3) is 0 Å². The van der Waals surface area contributed by atoms with E-state index in [0.717, 1.165) is 5.56 Å². The van der Waals surface area contributed by atoms with Crippen LogP contribution in [0.1, 0.15) is 18.0 Å². The topological polar surface area (TPSA) is 68.5 Å². The van der Waals surface area contributed by atoms with E-state index in [1.807, 2.05) is 6.07 Å². The monoisotopic (exact) mass is 221 g/mol. The molecule has 5 heteroatoms. The summed E-state index contributed by atoms with van der Waals surface area (Å²) in [6.45, 7) is 0. The molecule has 16 heavy (non-hydrogen) atoms. The molecule has 2 N–H and O–H groups in total. The zero-order valence-electron chi connectivity index (χ0n) is 9.38. The molecule has 2 unspecified atom stereocenters. The average Bonchev–Trinajstić information content (AvgIpc) is 2.54. The summed E-state index contributed by atoms with van der Waals surface area (Å²) in [6.07, 6.45) is 2.10. The van der Waals surface area contributed by atoms with Gasteiger partial charge in [0, 0.05) is 31.8 Å². The molecule has 0 aliphatic carbocycles. The van der Waals surface area contributed by atoms with Crippen molar-refractivity contribution >= 4 is 5.91 Å². The molecule has 0 bridgehead atoms. The van der Waals surface area contributed by atoms with Crippen molar-refractivity contribution in [2.45, 2.75) is 18.5 Å². The fourth-order valence-electron chi connectivity index (χ4n) is 2.06. The molecule has 5 nitrogen and oxygen atoms in total. The van der Waals surface area contributed by atoms with Crippen molar-refractivity contribution in [3.05, 3.63) is 23.9 Å². The minimum atomic E-state index is -0.160. The number of carbonyl (C=O) groups is 1. The summed E-state index contributed by atoms with van der Waals surface area (Å²) in [4.78, 5) is 17.3. The number of methoxy groups -OCH3 is 1. The maximum absolute atomic E-state index is 11.5. The van der Waals surface area contributed by atoms with Crippen molar-refractivity contribution in [3.8, 4) is 5.88 Å². The standard InChI is InChI=1S/C11H15N3O2/c1-14-10(15)5-8(12)11(14)7-3-4-9(16-2)13-6-7/h3-4,6,8,11H,5,12H2,1-2H3. The Kier molecular flexibility index (Phi) is 2.78. The van der Waals surface area contributed by atoms with Crippen LogP contribution in [0, 0.1) is 0 Å². The van der Waals surface area contributed by atoms with Gasteiger partial charge in [-0.1, -0.05) is 0 Å². The van der Waals surface area contributed by atoms with Gasteiger partial charge in [0.2, 0.25) is 11.8 Å². The van der Waals surface area contributed by atoms with Crippen LogP contribution >= 0.6 is 0 Å². The highest BCUT2D eigenvalue weighted by atomic mass is 16.5. The van der Waals surface area contributed by atoms with Gasteiger partial charge >= 0.3 is 0 Å². The van der Waals surface area contributed by atoms with Crippen LogP contribution in [0.25, 0.3) is 0 Å². The summed E-state index contributed by atoms with van der Waals surface area (Å²) in [6, 6.07) is 3.43. The number of ether oxygens (including phenoxy) is 1. The van der Waals surface area contributed by atoms with E-state index in [1.54, 1.807) is 31.3 Å². The van der Waals surface area contributed by atoms with Gasteiger partial charge in [-0.25, -0.2) is 4.98 Å². The van der Waals surface area contributed by atoms with Crippen LogP contribution in [-0.2, 0) is 4.79 Å². The molecule has 1 amide bonds. The second kappa shape index (κ2) is 4.09. The first-order valence-electron chi connectivity index (χ1n) is 5.14. The second-order valence-electron chi connectivity index (χ2n) is 3.95. The number of aromatic nitrogens is 1. The number of pyridine rings is 1. The number of likely N-dealkylation sites (tertiary alicyclic amines) is 1. The maximum Gasteiger partial charge on any atom is 0.224 e. The largest absolute Gasteiger partial charge is 0.481 e. The third-order valence-electron chi connectivity index (χ3n) is 2.94. The molecule has 86 valence electrons. The van der Waals surface area contributed by atoms with E-state index in [0.29, 0.717) is 12.3 Å². The molecule has 1 saturated heterocycles. The van der Waals surface area contributed by atoms with E-state index < -0.39 is 0 Å². The van der Waals surface area contributed by atoms with Crippen LogP contribution < -0.4 is 10.5 Å². The summed E-state index contributed by atoms with van der Waals surface area (Å²) < 4.78 is 4.98. The molecule has 2 heterocycles. The Morgan fingerprint density at radius 2 is 2.31 bits per heavy atom. The van der Waals surface area contributed by atoms with Gasteiger partial charge in [0.1, 0.15) is 0 Å². The van der Waals surface area contributed by atoms with Gasteiger partial charge in [-0.2, -0.15) is 0 Å². The van der Waals surface area contributed by atoms with Crippen LogP contribution in [0.5, 0.6) is 5.88 Å². The van der Waals surface area contributed by atoms with Crippen LogP contribution in [-0.4, -0.2) is 36.0 Å². The Bertz CT molecular complexity index is 391. The second-order valence-corrected chi connectivity index (χ2v) is 3.95. The smallest absolute Gasteiger partial charge is 0.224 e. The first kappa shape index (κ1) is 10.9. The molecule has 2 atom stereocenters. The lowest BCUT2D eigenvalue weighted by Crippen LogP contribution is -2.30. The molecule has 0 radical (unpaired) electrons. The number of hydrogen-bond donors (Lipinski definition) is 1. The van der Waals surface area contributed by atoms with Crippen LogP contribution in [0.3, 0.4) is 0 Å². The van der Waals surface area contributed by atoms with E-state index in [9.17, 15) is 4.79 Å². The molecule has 1 aliphatic heterocycles. The Labute approximate surface area is 94.2 Å². The molecular formula is C11H15N3O2. The Morgan fingerprint density at radius 3 is 2.75 bits per heavy atom. The van der Waals surface area contributed by atoms with Gasteiger partial charge in [0.15, 0.2) is 0 Å². The van der Waals surface area contributed by atoms with Gasteiger partial charge in [-0.3, -0.25) is 4.79 Å².